The molecule has 0 unspecified atom stereocenters. The number of aromatic nitrogens is 2. The van der Waals surface area contributed by atoms with Gasteiger partial charge in [0.1, 0.15) is 10.8 Å². The highest BCUT2D eigenvalue weighted by molar-refractivity contribution is 7.15. The molecule has 0 aliphatic heterocycles. The summed E-state index contributed by atoms with van der Waals surface area (Å²) in [6, 6.07) is 8.61. The highest BCUT2D eigenvalue weighted by Gasteiger charge is 2.14. The van der Waals surface area contributed by atoms with Gasteiger partial charge in [0, 0.05) is 5.92 Å². The minimum Gasteiger partial charge on any atom is -0.484 e. The Balaban J connectivity index is 1.86. The summed E-state index contributed by atoms with van der Waals surface area (Å²) in [6.07, 6.45) is 2.00. The lowest BCUT2D eigenvalue weighted by molar-refractivity contribution is -0.118. The largest absolute Gasteiger partial charge is 0.484 e. The van der Waals surface area contributed by atoms with Gasteiger partial charge in [0.2, 0.25) is 5.13 Å². The number of rotatable bonds is 7. The predicted molar refractivity (Wildman–Crippen MR) is 88.5 cm³/mol. The first-order valence-electron chi connectivity index (χ1n) is 7.42. The number of nitrogens with one attached hydrogen (secondary N) is 1. The molecular weight excluding hydrogens is 312 g/mol. The number of hydrogen-bond acceptors (Lipinski definition) is 6. The number of nitriles is 1. The van der Waals surface area contributed by atoms with Crippen LogP contribution in [0.5, 0.6) is 5.75 Å². The van der Waals surface area contributed by atoms with Crippen molar-refractivity contribution >= 4 is 22.4 Å². The van der Waals surface area contributed by atoms with E-state index in [0.29, 0.717) is 22.4 Å². The predicted octanol–water partition coefficient (Wildman–Crippen LogP) is 3.33. The first-order valence-corrected chi connectivity index (χ1v) is 8.24. The van der Waals surface area contributed by atoms with Crippen LogP contribution in [0, 0.1) is 11.3 Å². The Labute approximate surface area is 139 Å². The standard InChI is InChI=1S/C16H18N4O2S/c1-3-12(4-2)15-19-20-16(23-15)18-14(21)10-22-13-7-5-11(9-17)6-8-13/h5-8,12H,3-4,10H2,1-2H3,(H,18,20,21). The van der Waals surface area contributed by atoms with E-state index in [4.69, 9.17) is 10.00 Å². The number of anilines is 1. The summed E-state index contributed by atoms with van der Waals surface area (Å²) in [7, 11) is 0. The van der Waals surface area contributed by atoms with E-state index in [1.165, 1.54) is 11.3 Å². The number of carbonyl (C=O) groups is 1. The lowest BCUT2D eigenvalue weighted by Crippen LogP contribution is -2.20. The second-order valence-electron chi connectivity index (χ2n) is 4.93. The van der Waals surface area contributed by atoms with Crippen LogP contribution in [0.4, 0.5) is 5.13 Å². The molecule has 0 aliphatic rings. The molecule has 7 heteroatoms. The molecule has 0 radical (unpaired) electrons. The number of carbonyl (C=O) groups excluding carboxylic acids is 1. The van der Waals surface area contributed by atoms with Crippen LogP contribution >= 0.6 is 11.3 Å². The summed E-state index contributed by atoms with van der Waals surface area (Å²) in [6.45, 7) is 4.10. The van der Waals surface area contributed by atoms with Crippen LogP contribution in [0.3, 0.4) is 0 Å². The van der Waals surface area contributed by atoms with E-state index in [2.05, 4.69) is 29.4 Å². The lowest BCUT2D eigenvalue weighted by Gasteiger charge is -2.06. The molecule has 2 rings (SSSR count). The molecule has 1 amide bonds. The van der Waals surface area contributed by atoms with Crippen LogP contribution < -0.4 is 10.1 Å². The van der Waals surface area contributed by atoms with Crippen molar-refractivity contribution in [2.75, 3.05) is 11.9 Å². The van der Waals surface area contributed by atoms with Crippen LogP contribution in [0.15, 0.2) is 24.3 Å². The third-order valence-corrected chi connectivity index (χ3v) is 4.38. The number of nitrogens with zero attached hydrogens (tertiary/aromatic N) is 3. The third kappa shape index (κ3) is 4.76. The second kappa shape index (κ2) is 8.25. The molecule has 1 heterocycles. The Morgan fingerprint density at radius 1 is 1.30 bits per heavy atom. The van der Waals surface area contributed by atoms with Crippen molar-refractivity contribution in [2.24, 2.45) is 0 Å². The fourth-order valence-corrected chi connectivity index (χ4v) is 3.04. The zero-order chi connectivity index (χ0) is 16.7. The zero-order valence-corrected chi connectivity index (χ0v) is 13.9. The Morgan fingerprint density at radius 2 is 2.00 bits per heavy atom. The van der Waals surface area contributed by atoms with Gasteiger partial charge in [-0.25, -0.2) is 0 Å². The molecule has 0 saturated carbocycles. The second-order valence-corrected chi connectivity index (χ2v) is 5.94. The molecule has 2 aromatic rings. The van der Waals surface area contributed by atoms with Crippen molar-refractivity contribution < 1.29 is 9.53 Å². The van der Waals surface area contributed by atoms with Crippen LogP contribution in [0.2, 0.25) is 0 Å². The van der Waals surface area contributed by atoms with Crippen LogP contribution in [0.25, 0.3) is 0 Å². The summed E-state index contributed by atoms with van der Waals surface area (Å²) in [5.41, 5.74) is 0.546. The summed E-state index contributed by atoms with van der Waals surface area (Å²) in [5, 5.41) is 21.0. The fourth-order valence-electron chi connectivity index (χ4n) is 2.02. The van der Waals surface area contributed by atoms with E-state index in [9.17, 15) is 4.79 Å². The Bertz CT molecular complexity index is 687. The Hall–Kier alpha value is -2.46. The van der Waals surface area contributed by atoms with Gasteiger partial charge in [-0.05, 0) is 37.1 Å². The maximum atomic E-state index is 11.9. The van der Waals surface area contributed by atoms with Gasteiger partial charge < -0.3 is 4.74 Å². The summed E-state index contributed by atoms with van der Waals surface area (Å²) < 4.78 is 5.37. The van der Waals surface area contributed by atoms with Gasteiger partial charge in [-0.1, -0.05) is 25.2 Å². The van der Waals surface area contributed by atoms with Crippen molar-refractivity contribution in [3.63, 3.8) is 0 Å². The van der Waals surface area contributed by atoms with Gasteiger partial charge in [-0.15, -0.1) is 10.2 Å². The number of hydrogen-bond donors (Lipinski definition) is 1. The van der Waals surface area contributed by atoms with E-state index in [0.717, 1.165) is 17.8 Å². The Kier molecular flexibility index (Phi) is 6.06. The normalized spacial score (nSPS) is 10.3. The fraction of sp³-hybridized carbons (Fsp3) is 0.375. The van der Waals surface area contributed by atoms with Gasteiger partial charge >= 0.3 is 0 Å². The van der Waals surface area contributed by atoms with E-state index in [1.54, 1.807) is 24.3 Å². The van der Waals surface area contributed by atoms with E-state index >= 15 is 0 Å². The summed E-state index contributed by atoms with van der Waals surface area (Å²) >= 11 is 1.40. The van der Waals surface area contributed by atoms with Crippen molar-refractivity contribution in [3.05, 3.63) is 34.8 Å². The summed E-state index contributed by atoms with van der Waals surface area (Å²) in [4.78, 5) is 11.9. The van der Waals surface area contributed by atoms with Crippen molar-refractivity contribution in [2.45, 2.75) is 32.6 Å². The van der Waals surface area contributed by atoms with E-state index < -0.39 is 0 Å². The molecule has 23 heavy (non-hydrogen) atoms. The molecule has 0 bridgehead atoms. The first-order chi connectivity index (χ1) is 11.2. The highest BCUT2D eigenvalue weighted by Crippen LogP contribution is 2.27. The minimum absolute atomic E-state index is 0.119. The molecule has 0 saturated heterocycles. The zero-order valence-electron chi connectivity index (χ0n) is 13.1. The van der Waals surface area contributed by atoms with Gasteiger partial charge in [0.25, 0.3) is 5.91 Å². The number of benzene rings is 1. The average Bonchev–Trinajstić information content (AvgIpc) is 3.03. The van der Waals surface area contributed by atoms with Crippen LogP contribution in [-0.2, 0) is 4.79 Å². The maximum absolute atomic E-state index is 11.9. The molecule has 0 spiro atoms. The van der Waals surface area contributed by atoms with Gasteiger partial charge in [0.15, 0.2) is 6.61 Å². The quantitative estimate of drug-likeness (QED) is 0.841. The molecule has 0 aliphatic carbocycles. The van der Waals surface area contributed by atoms with Crippen molar-refractivity contribution in [1.29, 1.82) is 5.26 Å². The molecule has 1 N–H and O–H groups in total. The number of ether oxygens (including phenoxy) is 1. The average molecular weight is 330 g/mol. The van der Waals surface area contributed by atoms with E-state index in [1.807, 2.05) is 6.07 Å². The van der Waals surface area contributed by atoms with E-state index in [-0.39, 0.29) is 12.5 Å². The van der Waals surface area contributed by atoms with Crippen molar-refractivity contribution in [1.82, 2.24) is 10.2 Å². The van der Waals surface area contributed by atoms with Crippen LogP contribution in [-0.4, -0.2) is 22.7 Å². The topological polar surface area (TPSA) is 87.9 Å². The molecule has 1 aromatic heterocycles. The monoisotopic (exact) mass is 330 g/mol. The molecule has 0 atom stereocenters. The molecular formula is C16H18N4O2S. The number of amides is 1. The molecule has 6 nitrogen and oxygen atoms in total. The molecule has 0 fully saturated rings. The summed E-state index contributed by atoms with van der Waals surface area (Å²) in [5.74, 6) is 0.629. The maximum Gasteiger partial charge on any atom is 0.264 e. The third-order valence-electron chi connectivity index (χ3n) is 3.38. The van der Waals surface area contributed by atoms with Crippen LogP contribution in [0.1, 0.15) is 43.2 Å². The van der Waals surface area contributed by atoms with Gasteiger partial charge in [0.05, 0.1) is 11.6 Å². The molecule has 120 valence electrons. The highest BCUT2D eigenvalue weighted by atomic mass is 32.1. The lowest BCUT2D eigenvalue weighted by atomic mass is 10.1. The smallest absolute Gasteiger partial charge is 0.264 e. The molecule has 1 aromatic carbocycles. The minimum atomic E-state index is -0.290. The Morgan fingerprint density at radius 3 is 2.61 bits per heavy atom. The van der Waals surface area contributed by atoms with Gasteiger partial charge in [-0.3, -0.25) is 10.1 Å². The van der Waals surface area contributed by atoms with Gasteiger partial charge in [-0.2, -0.15) is 5.26 Å². The SMILES string of the molecule is CCC(CC)c1nnc(NC(=O)COc2ccc(C#N)cc2)s1. The first kappa shape index (κ1) is 16.9. The van der Waals surface area contributed by atoms with Crippen molar-refractivity contribution in [3.8, 4) is 11.8 Å².